The molecule has 0 fully saturated rings. The first kappa shape index (κ1) is 11.1. The molecule has 0 saturated carbocycles. The standard InChI is InChI=1S/C11H8N6O2/c18-10-7(6-12-11(19)15-10)9-8(2-4-13-16-9)17-5-1-3-14-17/h1-6H,(H2,12,15,18,19). The number of aromatic amines is 2. The van der Waals surface area contributed by atoms with E-state index in [2.05, 4.69) is 25.3 Å². The monoisotopic (exact) mass is 256 g/mol. The molecule has 0 radical (unpaired) electrons. The van der Waals surface area contributed by atoms with Gasteiger partial charge in [-0.25, -0.2) is 9.48 Å². The summed E-state index contributed by atoms with van der Waals surface area (Å²) in [6.07, 6.45) is 6.14. The Labute approximate surface area is 105 Å². The number of hydrogen-bond donors (Lipinski definition) is 2. The lowest BCUT2D eigenvalue weighted by Crippen LogP contribution is -2.23. The molecule has 0 amide bonds. The minimum absolute atomic E-state index is 0.221. The van der Waals surface area contributed by atoms with Crippen LogP contribution < -0.4 is 11.2 Å². The molecule has 0 spiro atoms. The molecule has 3 aromatic heterocycles. The molecule has 0 aliphatic rings. The number of nitrogens with zero attached hydrogens (tertiary/aromatic N) is 4. The highest BCUT2D eigenvalue weighted by molar-refractivity contribution is 5.66. The Bertz CT molecular complexity index is 817. The molecular weight excluding hydrogens is 248 g/mol. The Hall–Kier alpha value is -3.03. The summed E-state index contributed by atoms with van der Waals surface area (Å²) < 4.78 is 1.56. The van der Waals surface area contributed by atoms with Gasteiger partial charge >= 0.3 is 5.69 Å². The van der Waals surface area contributed by atoms with Crippen LogP contribution in [0.3, 0.4) is 0 Å². The molecule has 0 saturated heterocycles. The van der Waals surface area contributed by atoms with Gasteiger partial charge in [-0.1, -0.05) is 0 Å². The molecule has 2 N–H and O–H groups in total. The normalized spacial score (nSPS) is 10.5. The van der Waals surface area contributed by atoms with Crippen molar-refractivity contribution < 1.29 is 0 Å². The second-order valence-electron chi connectivity index (χ2n) is 3.70. The van der Waals surface area contributed by atoms with Crippen molar-refractivity contribution in [2.45, 2.75) is 0 Å². The Morgan fingerprint density at radius 3 is 2.84 bits per heavy atom. The zero-order chi connectivity index (χ0) is 13.2. The maximum atomic E-state index is 11.8. The van der Waals surface area contributed by atoms with Gasteiger partial charge in [0.15, 0.2) is 0 Å². The van der Waals surface area contributed by atoms with Gasteiger partial charge in [0.1, 0.15) is 5.69 Å². The minimum Gasteiger partial charge on any atom is -0.313 e. The van der Waals surface area contributed by atoms with Crippen LogP contribution in [0.2, 0.25) is 0 Å². The highest BCUT2D eigenvalue weighted by Crippen LogP contribution is 2.18. The fourth-order valence-electron chi connectivity index (χ4n) is 1.70. The van der Waals surface area contributed by atoms with Crippen molar-refractivity contribution in [1.82, 2.24) is 29.9 Å². The van der Waals surface area contributed by atoms with Crippen LogP contribution in [0.1, 0.15) is 0 Å². The van der Waals surface area contributed by atoms with Crippen LogP contribution >= 0.6 is 0 Å². The van der Waals surface area contributed by atoms with Crippen LogP contribution in [0.4, 0.5) is 0 Å². The fraction of sp³-hybridized carbons (Fsp3) is 0. The van der Waals surface area contributed by atoms with E-state index in [4.69, 9.17) is 0 Å². The van der Waals surface area contributed by atoms with E-state index in [-0.39, 0.29) is 5.56 Å². The topological polar surface area (TPSA) is 109 Å². The molecule has 0 aromatic carbocycles. The van der Waals surface area contributed by atoms with Gasteiger partial charge in [-0.05, 0) is 12.1 Å². The first-order chi connectivity index (χ1) is 9.25. The van der Waals surface area contributed by atoms with Crippen LogP contribution in [-0.2, 0) is 0 Å². The van der Waals surface area contributed by atoms with E-state index >= 15 is 0 Å². The molecule has 0 aliphatic carbocycles. The summed E-state index contributed by atoms with van der Waals surface area (Å²) in [5.74, 6) is 0. The van der Waals surface area contributed by atoms with Gasteiger partial charge in [0, 0.05) is 18.6 Å². The lowest BCUT2D eigenvalue weighted by Gasteiger charge is -2.06. The maximum Gasteiger partial charge on any atom is 0.325 e. The van der Waals surface area contributed by atoms with Crippen molar-refractivity contribution in [3.05, 3.63) is 57.8 Å². The molecule has 0 bridgehead atoms. The van der Waals surface area contributed by atoms with Gasteiger partial charge in [0.25, 0.3) is 5.56 Å². The zero-order valence-electron chi connectivity index (χ0n) is 9.57. The average molecular weight is 256 g/mol. The summed E-state index contributed by atoms with van der Waals surface area (Å²) in [6, 6.07) is 3.43. The lowest BCUT2D eigenvalue weighted by atomic mass is 10.2. The number of hydrogen-bond acceptors (Lipinski definition) is 5. The molecule has 3 heterocycles. The third kappa shape index (κ3) is 1.95. The van der Waals surface area contributed by atoms with E-state index < -0.39 is 11.2 Å². The van der Waals surface area contributed by atoms with E-state index in [0.717, 1.165) is 0 Å². The van der Waals surface area contributed by atoms with Crippen LogP contribution in [0.25, 0.3) is 16.9 Å². The SMILES string of the molecule is O=c1[nH]cc(-c2nnccc2-n2cccn2)c(=O)[nH]1. The smallest absolute Gasteiger partial charge is 0.313 e. The molecular formula is C11H8N6O2. The van der Waals surface area contributed by atoms with Gasteiger partial charge in [-0.3, -0.25) is 9.78 Å². The Balaban J connectivity index is 2.26. The van der Waals surface area contributed by atoms with Gasteiger partial charge in [-0.2, -0.15) is 10.2 Å². The van der Waals surface area contributed by atoms with Gasteiger partial charge < -0.3 is 4.98 Å². The lowest BCUT2D eigenvalue weighted by molar-refractivity contribution is 0.861. The van der Waals surface area contributed by atoms with E-state index in [0.29, 0.717) is 11.4 Å². The van der Waals surface area contributed by atoms with Crippen molar-refractivity contribution in [3.8, 4) is 16.9 Å². The quantitative estimate of drug-likeness (QED) is 0.654. The highest BCUT2D eigenvalue weighted by Gasteiger charge is 2.13. The summed E-state index contributed by atoms with van der Waals surface area (Å²) in [4.78, 5) is 27.4. The van der Waals surface area contributed by atoms with Crippen LogP contribution in [0.15, 0.2) is 46.5 Å². The predicted octanol–water partition coefficient (Wildman–Crippen LogP) is -0.294. The van der Waals surface area contributed by atoms with Gasteiger partial charge in [0.2, 0.25) is 0 Å². The van der Waals surface area contributed by atoms with Crippen molar-refractivity contribution in [2.75, 3.05) is 0 Å². The number of H-pyrrole nitrogens is 2. The van der Waals surface area contributed by atoms with Crippen molar-refractivity contribution >= 4 is 0 Å². The molecule has 0 unspecified atom stereocenters. The van der Waals surface area contributed by atoms with E-state index in [1.54, 1.807) is 29.2 Å². The number of nitrogens with one attached hydrogen (secondary N) is 2. The maximum absolute atomic E-state index is 11.8. The molecule has 3 rings (SSSR count). The molecule has 0 aliphatic heterocycles. The summed E-state index contributed by atoms with van der Waals surface area (Å²) in [7, 11) is 0. The molecule has 0 atom stereocenters. The Kier molecular flexibility index (Phi) is 2.53. The van der Waals surface area contributed by atoms with E-state index in [9.17, 15) is 9.59 Å². The third-order valence-electron chi connectivity index (χ3n) is 2.53. The van der Waals surface area contributed by atoms with Crippen molar-refractivity contribution in [2.24, 2.45) is 0 Å². The number of aromatic nitrogens is 6. The molecule has 19 heavy (non-hydrogen) atoms. The summed E-state index contributed by atoms with van der Waals surface area (Å²) in [5, 5.41) is 11.8. The van der Waals surface area contributed by atoms with Crippen molar-refractivity contribution in [1.29, 1.82) is 0 Å². The largest absolute Gasteiger partial charge is 0.325 e. The number of rotatable bonds is 2. The predicted molar refractivity (Wildman–Crippen MR) is 65.8 cm³/mol. The summed E-state index contributed by atoms with van der Waals surface area (Å²) in [5.41, 5.74) is 0.0513. The van der Waals surface area contributed by atoms with E-state index in [1.807, 2.05) is 0 Å². The first-order valence-corrected chi connectivity index (χ1v) is 5.40. The molecule has 3 aromatic rings. The van der Waals surface area contributed by atoms with Gasteiger partial charge in [-0.15, -0.1) is 5.10 Å². The molecule has 8 heteroatoms. The fourth-order valence-corrected chi connectivity index (χ4v) is 1.70. The molecule has 94 valence electrons. The average Bonchev–Trinajstić information content (AvgIpc) is 2.93. The second kappa shape index (κ2) is 4.33. The van der Waals surface area contributed by atoms with Crippen LogP contribution in [0, 0.1) is 0 Å². The van der Waals surface area contributed by atoms with Crippen LogP contribution in [-0.4, -0.2) is 29.9 Å². The second-order valence-corrected chi connectivity index (χ2v) is 3.70. The first-order valence-electron chi connectivity index (χ1n) is 5.40. The zero-order valence-corrected chi connectivity index (χ0v) is 9.57. The molecule has 8 nitrogen and oxygen atoms in total. The van der Waals surface area contributed by atoms with Gasteiger partial charge in [0.05, 0.1) is 17.4 Å². The minimum atomic E-state index is -0.571. The summed E-state index contributed by atoms with van der Waals surface area (Å²) in [6.45, 7) is 0. The van der Waals surface area contributed by atoms with Crippen LogP contribution in [0.5, 0.6) is 0 Å². The van der Waals surface area contributed by atoms with E-state index in [1.165, 1.54) is 12.4 Å². The van der Waals surface area contributed by atoms with Crippen molar-refractivity contribution in [3.63, 3.8) is 0 Å². The Morgan fingerprint density at radius 1 is 1.21 bits per heavy atom. The third-order valence-corrected chi connectivity index (χ3v) is 2.53. The Morgan fingerprint density at radius 2 is 2.11 bits per heavy atom. The highest BCUT2D eigenvalue weighted by atomic mass is 16.2. The summed E-state index contributed by atoms with van der Waals surface area (Å²) >= 11 is 0.